The molecule has 0 aromatic heterocycles. The number of halogens is 2. The van der Waals surface area contributed by atoms with Gasteiger partial charge in [0.05, 0.1) is 6.54 Å². The van der Waals surface area contributed by atoms with Gasteiger partial charge in [0.2, 0.25) is 5.91 Å². The number of nitrogens with zero attached hydrogens (tertiary/aromatic N) is 3. The Morgan fingerprint density at radius 1 is 1.22 bits per heavy atom. The van der Waals surface area contributed by atoms with Crippen molar-refractivity contribution in [2.75, 3.05) is 33.7 Å². The highest BCUT2D eigenvalue weighted by Gasteiger charge is 2.26. The highest BCUT2D eigenvalue weighted by Crippen LogP contribution is 2.17. The summed E-state index contributed by atoms with van der Waals surface area (Å²) in [5.74, 6) is 1.04. The second-order valence-electron chi connectivity index (χ2n) is 8.62. The fourth-order valence-corrected chi connectivity index (χ4v) is 4.01. The van der Waals surface area contributed by atoms with E-state index >= 15 is 0 Å². The number of aliphatic imine (C=N–C) groups is 1. The highest BCUT2D eigenvalue weighted by atomic mass is 127. The third-order valence-corrected chi connectivity index (χ3v) is 5.84. The van der Waals surface area contributed by atoms with Crippen LogP contribution in [0.3, 0.4) is 0 Å². The van der Waals surface area contributed by atoms with Gasteiger partial charge >= 0.3 is 0 Å². The number of carbonyl (C=O) groups excluding carboxylic acids is 1. The van der Waals surface area contributed by atoms with Gasteiger partial charge in [-0.05, 0) is 64.4 Å². The molecule has 0 radical (unpaired) electrons. The van der Waals surface area contributed by atoms with E-state index in [1.807, 2.05) is 36.9 Å². The van der Waals surface area contributed by atoms with Crippen molar-refractivity contribution in [3.8, 4) is 0 Å². The summed E-state index contributed by atoms with van der Waals surface area (Å²) < 4.78 is 14.0. The quantitative estimate of drug-likeness (QED) is 0.272. The van der Waals surface area contributed by atoms with Crippen molar-refractivity contribution in [2.45, 2.75) is 65.6 Å². The Hall–Kier alpha value is -1.42. The van der Waals surface area contributed by atoms with Crippen LogP contribution in [0.25, 0.3) is 0 Å². The minimum Gasteiger partial charge on any atom is -0.357 e. The second-order valence-corrected chi connectivity index (χ2v) is 8.62. The first kappa shape index (κ1) is 28.6. The maximum Gasteiger partial charge on any atom is 0.225 e. The average molecular weight is 562 g/mol. The Balaban J connectivity index is 0.00000512. The van der Waals surface area contributed by atoms with Crippen LogP contribution in [-0.2, 0) is 17.9 Å². The molecule has 0 aliphatic carbocycles. The zero-order valence-corrected chi connectivity index (χ0v) is 22.6. The van der Waals surface area contributed by atoms with E-state index < -0.39 is 0 Å². The number of amides is 1. The number of likely N-dealkylation sites (tertiary alicyclic amines) is 1. The van der Waals surface area contributed by atoms with Crippen molar-refractivity contribution in [3.63, 3.8) is 0 Å². The molecule has 2 rings (SSSR count). The largest absolute Gasteiger partial charge is 0.357 e. The molecule has 0 atom stereocenters. The number of hydrogen-bond acceptors (Lipinski definition) is 3. The van der Waals surface area contributed by atoms with Gasteiger partial charge in [0, 0.05) is 43.7 Å². The van der Waals surface area contributed by atoms with Gasteiger partial charge in [-0.3, -0.25) is 4.79 Å². The van der Waals surface area contributed by atoms with Crippen LogP contribution in [0, 0.1) is 11.7 Å². The van der Waals surface area contributed by atoms with Crippen LogP contribution in [0.1, 0.15) is 57.6 Å². The molecule has 0 unspecified atom stereocenters. The van der Waals surface area contributed by atoms with E-state index in [0.29, 0.717) is 30.6 Å². The number of hydrogen-bond donors (Lipinski definition) is 2. The van der Waals surface area contributed by atoms with Crippen molar-refractivity contribution in [1.82, 2.24) is 20.4 Å². The molecular weight excluding hydrogens is 520 g/mol. The lowest BCUT2D eigenvalue weighted by atomic mass is 9.98. The van der Waals surface area contributed by atoms with E-state index in [-0.39, 0.29) is 35.7 Å². The first-order valence-electron chi connectivity index (χ1n) is 11.6. The molecule has 1 saturated heterocycles. The van der Waals surface area contributed by atoms with Crippen LogP contribution < -0.4 is 10.6 Å². The van der Waals surface area contributed by atoms with Crippen LogP contribution in [-0.4, -0.2) is 61.4 Å². The maximum absolute atomic E-state index is 14.0. The lowest BCUT2D eigenvalue weighted by Gasteiger charge is -2.34. The van der Waals surface area contributed by atoms with E-state index in [2.05, 4.69) is 24.5 Å². The molecule has 1 heterocycles. The molecule has 1 aliphatic heterocycles. The maximum atomic E-state index is 14.0. The van der Waals surface area contributed by atoms with Crippen molar-refractivity contribution in [2.24, 2.45) is 10.9 Å². The van der Waals surface area contributed by atoms with Crippen LogP contribution in [0.4, 0.5) is 4.39 Å². The fraction of sp³-hybridized carbons (Fsp3) is 0.667. The Morgan fingerprint density at radius 3 is 2.44 bits per heavy atom. The van der Waals surface area contributed by atoms with E-state index in [1.54, 1.807) is 6.07 Å². The van der Waals surface area contributed by atoms with Gasteiger partial charge in [-0.25, -0.2) is 9.38 Å². The molecule has 1 aromatic carbocycles. The first-order valence-corrected chi connectivity index (χ1v) is 11.6. The summed E-state index contributed by atoms with van der Waals surface area (Å²) in [5.41, 5.74) is 1.67. The van der Waals surface area contributed by atoms with Crippen LogP contribution in [0.5, 0.6) is 0 Å². The zero-order chi connectivity index (χ0) is 22.8. The summed E-state index contributed by atoms with van der Waals surface area (Å²) in [4.78, 5) is 21.3. The lowest BCUT2D eigenvalue weighted by Crippen LogP contribution is -2.50. The Morgan fingerprint density at radius 2 is 1.88 bits per heavy atom. The van der Waals surface area contributed by atoms with Crippen molar-refractivity contribution < 1.29 is 9.18 Å². The fourth-order valence-electron chi connectivity index (χ4n) is 4.01. The minimum absolute atomic E-state index is 0. The first-order chi connectivity index (χ1) is 14.9. The summed E-state index contributed by atoms with van der Waals surface area (Å²) in [6, 6.07) is 5.51. The minimum atomic E-state index is -0.179. The predicted molar refractivity (Wildman–Crippen MR) is 141 cm³/mol. The summed E-state index contributed by atoms with van der Waals surface area (Å²) in [5, 5.41) is 6.83. The van der Waals surface area contributed by atoms with E-state index in [0.717, 1.165) is 56.8 Å². The molecule has 1 amide bonds. The summed E-state index contributed by atoms with van der Waals surface area (Å²) >= 11 is 0. The van der Waals surface area contributed by atoms with Gasteiger partial charge in [0.1, 0.15) is 5.82 Å². The number of guanidine groups is 1. The SMILES string of the molecule is CCNC(=NCc1ccc(F)c(CN(C)C)c1)NC1CCN(C(=O)C(CC)CC)CC1.I. The van der Waals surface area contributed by atoms with Crippen LogP contribution in [0.2, 0.25) is 0 Å². The van der Waals surface area contributed by atoms with Crippen LogP contribution >= 0.6 is 24.0 Å². The molecule has 1 aromatic rings. The molecule has 1 fully saturated rings. The molecule has 0 spiro atoms. The summed E-state index contributed by atoms with van der Waals surface area (Å²) in [6.07, 6.45) is 3.65. The monoisotopic (exact) mass is 561 g/mol. The summed E-state index contributed by atoms with van der Waals surface area (Å²) in [6.45, 7) is 9.62. The van der Waals surface area contributed by atoms with E-state index in [9.17, 15) is 9.18 Å². The van der Waals surface area contributed by atoms with Crippen molar-refractivity contribution in [1.29, 1.82) is 0 Å². The molecular formula is C24H41FIN5O. The number of rotatable bonds is 9. The number of piperidine rings is 1. The van der Waals surface area contributed by atoms with Crippen molar-refractivity contribution >= 4 is 35.8 Å². The normalized spacial score (nSPS) is 15.1. The third kappa shape index (κ3) is 8.84. The van der Waals surface area contributed by atoms with Gasteiger partial charge < -0.3 is 20.4 Å². The van der Waals surface area contributed by atoms with Gasteiger partial charge in [-0.1, -0.05) is 19.9 Å². The molecule has 182 valence electrons. The molecule has 8 heteroatoms. The van der Waals surface area contributed by atoms with Gasteiger partial charge in [-0.15, -0.1) is 24.0 Å². The Labute approximate surface area is 210 Å². The molecule has 1 aliphatic rings. The van der Waals surface area contributed by atoms with Crippen LogP contribution in [0.15, 0.2) is 23.2 Å². The molecule has 6 nitrogen and oxygen atoms in total. The number of benzene rings is 1. The van der Waals surface area contributed by atoms with Gasteiger partial charge in [0.25, 0.3) is 0 Å². The lowest BCUT2D eigenvalue weighted by molar-refractivity contribution is -0.136. The molecule has 0 saturated carbocycles. The van der Waals surface area contributed by atoms with E-state index in [1.165, 1.54) is 6.07 Å². The second kappa shape index (κ2) is 14.7. The third-order valence-electron chi connectivity index (χ3n) is 5.84. The topological polar surface area (TPSA) is 60.0 Å². The molecule has 0 bridgehead atoms. The Kier molecular flexibility index (Phi) is 13.1. The number of carbonyl (C=O) groups is 1. The molecule has 2 N–H and O–H groups in total. The smallest absolute Gasteiger partial charge is 0.225 e. The zero-order valence-electron chi connectivity index (χ0n) is 20.3. The van der Waals surface area contributed by atoms with Gasteiger partial charge in [0.15, 0.2) is 5.96 Å². The molecule has 32 heavy (non-hydrogen) atoms. The summed E-state index contributed by atoms with van der Waals surface area (Å²) in [7, 11) is 3.86. The average Bonchev–Trinajstić information content (AvgIpc) is 2.75. The number of nitrogens with one attached hydrogen (secondary N) is 2. The standard InChI is InChI=1S/C24H40FN5O.HI/c1-6-19(7-2)23(31)30-13-11-21(12-14-30)28-24(26-8-3)27-16-18-9-10-22(25)20(15-18)17-29(4)5;/h9-10,15,19,21H,6-8,11-14,16-17H2,1-5H3,(H2,26,27,28);1H. The highest BCUT2D eigenvalue weighted by molar-refractivity contribution is 14.0. The van der Waals surface area contributed by atoms with E-state index in [4.69, 9.17) is 4.99 Å². The van der Waals surface area contributed by atoms with Crippen molar-refractivity contribution in [3.05, 3.63) is 35.1 Å². The van der Waals surface area contributed by atoms with Gasteiger partial charge in [-0.2, -0.15) is 0 Å². The Bertz CT molecular complexity index is 731. The predicted octanol–water partition coefficient (Wildman–Crippen LogP) is 3.99.